The molecule has 2 atom stereocenters. The van der Waals surface area contributed by atoms with Gasteiger partial charge >= 0.3 is 0 Å². The number of imide groups is 1. The molecule has 0 N–H and O–H groups in total. The summed E-state index contributed by atoms with van der Waals surface area (Å²) in [6.07, 6.45) is 2.50. The van der Waals surface area contributed by atoms with Crippen LogP contribution in [0.3, 0.4) is 0 Å². The average Bonchev–Trinajstić information content (AvgIpc) is 2.99. The van der Waals surface area contributed by atoms with Crippen molar-refractivity contribution < 1.29 is 14.4 Å². The number of hydrogen-bond donors (Lipinski definition) is 0. The number of rotatable bonds is 3. The zero-order chi connectivity index (χ0) is 14.3. The lowest BCUT2D eigenvalue weighted by atomic mass is 10.00. The standard InChI is InChI=1S/C16H17NO3/c1-10-5-7-11(8-6-10)14(18)9-17-15(19)12-3-2-4-13(12)16(17)20/h5-8,12-13H,2-4,9H2,1H3. The molecule has 1 saturated carbocycles. The van der Waals surface area contributed by atoms with Crippen LogP contribution in [0.15, 0.2) is 24.3 Å². The molecule has 1 heterocycles. The Morgan fingerprint density at radius 2 is 1.65 bits per heavy atom. The lowest BCUT2D eigenvalue weighted by Crippen LogP contribution is -2.36. The number of hydrogen-bond acceptors (Lipinski definition) is 3. The quantitative estimate of drug-likeness (QED) is 0.624. The van der Waals surface area contributed by atoms with E-state index in [9.17, 15) is 14.4 Å². The molecule has 0 radical (unpaired) electrons. The van der Waals surface area contributed by atoms with Crippen molar-refractivity contribution in [3.8, 4) is 0 Å². The summed E-state index contributed by atoms with van der Waals surface area (Å²) >= 11 is 0. The lowest BCUT2D eigenvalue weighted by Gasteiger charge is -2.14. The second-order valence-corrected chi connectivity index (χ2v) is 5.70. The van der Waals surface area contributed by atoms with Gasteiger partial charge in [0.15, 0.2) is 5.78 Å². The minimum Gasteiger partial charge on any atom is -0.292 e. The number of benzene rings is 1. The van der Waals surface area contributed by atoms with Crippen molar-refractivity contribution in [3.05, 3.63) is 35.4 Å². The lowest BCUT2D eigenvalue weighted by molar-refractivity contribution is -0.139. The number of Topliss-reactive ketones (excluding diaryl/α,β-unsaturated/α-hetero) is 1. The van der Waals surface area contributed by atoms with Crippen LogP contribution in [0.5, 0.6) is 0 Å². The van der Waals surface area contributed by atoms with Gasteiger partial charge in [-0.15, -0.1) is 0 Å². The molecule has 1 saturated heterocycles. The molecule has 20 heavy (non-hydrogen) atoms. The van der Waals surface area contributed by atoms with E-state index in [4.69, 9.17) is 0 Å². The molecule has 1 aromatic rings. The first-order chi connectivity index (χ1) is 9.58. The fourth-order valence-corrected chi connectivity index (χ4v) is 3.19. The second kappa shape index (κ2) is 4.85. The third-order valence-electron chi connectivity index (χ3n) is 4.36. The van der Waals surface area contributed by atoms with E-state index in [1.54, 1.807) is 12.1 Å². The highest BCUT2D eigenvalue weighted by Crippen LogP contribution is 2.39. The Morgan fingerprint density at radius 3 is 2.20 bits per heavy atom. The Balaban J connectivity index is 1.75. The summed E-state index contributed by atoms with van der Waals surface area (Å²) in [6, 6.07) is 7.19. The third-order valence-corrected chi connectivity index (χ3v) is 4.36. The Kier molecular flexibility index (Phi) is 3.16. The SMILES string of the molecule is Cc1ccc(C(=O)CN2C(=O)C3CCCC3C2=O)cc1. The number of aryl methyl sites for hydroxylation is 1. The second-order valence-electron chi connectivity index (χ2n) is 5.70. The van der Waals surface area contributed by atoms with Gasteiger partial charge in [-0.25, -0.2) is 0 Å². The highest BCUT2D eigenvalue weighted by Gasteiger charge is 2.49. The van der Waals surface area contributed by atoms with Crippen molar-refractivity contribution in [1.29, 1.82) is 0 Å². The summed E-state index contributed by atoms with van der Waals surface area (Å²) in [5.41, 5.74) is 1.62. The largest absolute Gasteiger partial charge is 0.292 e. The summed E-state index contributed by atoms with van der Waals surface area (Å²) in [5, 5.41) is 0. The highest BCUT2D eigenvalue weighted by molar-refractivity contribution is 6.10. The van der Waals surface area contributed by atoms with Gasteiger partial charge in [-0.2, -0.15) is 0 Å². The first kappa shape index (κ1) is 13.0. The topological polar surface area (TPSA) is 54.5 Å². The summed E-state index contributed by atoms with van der Waals surface area (Å²) in [4.78, 5) is 37.7. The summed E-state index contributed by atoms with van der Waals surface area (Å²) in [6.45, 7) is 1.83. The van der Waals surface area contributed by atoms with Crippen LogP contribution in [0.4, 0.5) is 0 Å². The van der Waals surface area contributed by atoms with Crippen LogP contribution >= 0.6 is 0 Å². The number of amides is 2. The van der Waals surface area contributed by atoms with E-state index in [-0.39, 0.29) is 36.0 Å². The van der Waals surface area contributed by atoms with Gasteiger partial charge in [0.1, 0.15) is 0 Å². The van der Waals surface area contributed by atoms with Crippen molar-refractivity contribution in [3.63, 3.8) is 0 Å². The molecular weight excluding hydrogens is 254 g/mol. The third kappa shape index (κ3) is 2.05. The van der Waals surface area contributed by atoms with Gasteiger partial charge in [0, 0.05) is 5.56 Å². The Labute approximate surface area is 117 Å². The van der Waals surface area contributed by atoms with Crippen molar-refractivity contribution >= 4 is 17.6 Å². The predicted molar refractivity (Wildman–Crippen MR) is 73.1 cm³/mol. The van der Waals surface area contributed by atoms with Gasteiger partial charge in [-0.3, -0.25) is 19.3 Å². The molecule has 1 aliphatic carbocycles. The van der Waals surface area contributed by atoms with E-state index < -0.39 is 0 Å². The monoisotopic (exact) mass is 271 g/mol. The Bertz CT molecular complexity index is 554. The normalized spacial score (nSPS) is 25.1. The fourth-order valence-electron chi connectivity index (χ4n) is 3.19. The van der Waals surface area contributed by atoms with Crippen LogP contribution in [0.2, 0.25) is 0 Å². The molecule has 4 heteroatoms. The molecular formula is C16H17NO3. The van der Waals surface area contributed by atoms with Crippen LogP contribution in [-0.2, 0) is 9.59 Å². The molecule has 0 bridgehead atoms. The molecule has 2 amide bonds. The highest BCUT2D eigenvalue weighted by atomic mass is 16.2. The summed E-state index contributed by atoms with van der Waals surface area (Å²) in [5.74, 6) is -0.829. The van der Waals surface area contributed by atoms with Crippen LogP contribution in [0.25, 0.3) is 0 Å². The molecule has 3 rings (SSSR count). The molecule has 2 aliphatic rings. The molecule has 0 spiro atoms. The van der Waals surface area contributed by atoms with E-state index in [0.717, 1.165) is 29.7 Å². The number of ketones is 1. The first-order valence-corrected chi connectivity index (χ1v) is 7.03. The fraction of sp³-hybridized carbons (Fsp3) is 0.438. The molecule has 2 fully saturated rings. The van der Waals surface area contributed by atoms with Gasteiger partial charge in [0.05, 0.1) is 18.4 Å². The van der Waals surface area contributed by atoms with Crippen molar-refractivity contribution in [2.24, 2.45) is 11.8 Å². The van der Waals surface area contributed by atoms with E-state index >= 15 is 0 Å². The van der Waals surface area contributed by atoms with Crippen molar-refractivity contribution in [2.45, 2.75) is 26.2 Å². The minimum absolute atomic E-state index is 0.117. The molecule has 1 aromatic carbocycles. The molecule has 1 aliphatic heterocycles. The first-order valence-electron chi connectivity index (χ1n) is 7.03. The van der Waals surface area contributed by atoms with Crippen molar-refractivity contribution in [2.75, 3.05) is 6.54 Å². The van der Waals surface area contributed by atoms with Crippen LogP contribution in [0.1, 0.15) is 35.2 Å². The van der Waals surface area contributed by atoms with E-state index in [2.05, 4.69) is 0 Å². The minimum atomic E-state index is -0.174. The summed E-state index contributed by atoms with van der Waals surface area (Å²) < 4.78 is 0. The predicted octanol–water partition coefficient (Wildman–Crippen LogP) is 1.96. The van der Waals surface area contributed by atoms with Crippen LogP contribution in [-0.4, -0.2) is 29.0 Å². The van der Waals surface area contributed by atoms with E-state index in [1.807, 2.05) is 19.1 Å². The molecule has 4 nitrogen and oxygen atoms in total. The molecule has 104 valence electrons. The van der Waals surface area contributed by atoms with E-state index in [1.165, 1.54) is 0 Å². The van der Waals surface area contributed by atoms with Gasteiger partial charge in [-0.1, -0.05) is 36.2 Å². The maximum atomic E-state index is 12.2. The van der Waals surface area contributed by atoms with Gasteiger partial charge in [0.25, 0.3) is 0 Å². The Hall–Kier alpha value is -1.97. The van der Waals surface area contributed by atoms with E-state index in [0.29, 0.717) is 5.56 Å². The number of fused-ring (bicyclic) bond motifs is 1. The zero-order valence-electron chi connectivity index (χ0n) is 11.5. The molecule has 0 aromatic heterocycles. The van der Waals surface area contributed by atoms with Gasteiger partial charge < -0.3 is 0 Å². The van der Waals surface area contributed by atoms with Gasteiger partial charge in [0.2, 0.25) is 11.8 Å². The van der Waals surface area contributed by atoms with Crippen molar-refractivity contribution in [1.82, 2.24) is 4.90 Å². The van der Waals surface area contributed by atoms with Crippen LogP contribution < -0.4 is 0 Å². The number of carbonyl (C=O) groups is 3. The number of nitrogens with zero attached hydrogens (tertiary/aromatic N) is 1. The van der Waals surface area contributed by atoms with Crippen LogP contribution in [0, 0.1) is 18.8 Å². The number of likely N-dealkylation sites (tertiary alicyclic amines) is 1. The smallest absolute Gasteiger partial charge is 0.233 e. The average molecular weight is 271 g/mol. The Morgan fingerprint density at radius 1 is 1.10 bits per heavy atom. The molecule has 2 unspecified atom stereocenters. The maximum absolute atomic E-state index is 12.2. The van der Waals surface area contributed by atoms with Gasteiger partial charge in [-0.05, 0) is 19.8 Å². The zero-order valence-corrected chi connectivity index (χ0v) is 11.5. The number of carbonyl (C=O) groups excluding carboxylic acids is 3. The summed E-state index contributed by atoms with van der Waals surface area (Å²) in [7, 11) is 0. The maximum Gasteiger partial charge on any atom is 0.233 e.